The van der Waals surface area contributed by atoms with Gasteiger partial charge in [-0.2, -0.15) is 5.10 Å². The Bertz CT molecular complexity index is 1300. The molecule has 8 nitrogen and oxygen atoms in total. The van der Waals surface area contributed by atoms with Crippen molar-refractivity contribution in [1.82, 2.24) is 15.1 Å². The minimum absolute atomic E-state index is 0.145. The summed E-state index contributed by atoms with van der Waals surface area (Å²) < 4.78 is 6.18. The molecule has 0 spiro atoms. The number of nitrogens with zero attached hydrogens (tertiary/aromatic N) is 4. The molecule has 3 aromatic rings. The van der Waals surface area contributed by atoms with Gasteiger partial charge in [0.25, 0.3) is 5.91 Å². The highest BCUT2D eigenvalue weighted by molar-refractivity contribution is 6.48. The number of carbonyl (C=O) groups excluding carboxylic acids is 3. The van der Waals surface area contributed by atoms with Crippen molar-refractivity contribution in [3.05, 3.63) is 83.0 Å². The van der Waals surface area contributed by atoms with Gasteiger partial charge in [-0.1, -0.05) is 42.0 Å². The minimum Gasteiger partial charge on any atom is -0.490 e. The molecule has 2 unspecified atom stereocenters. The van der Waals surface area contributed by atoms with Crippen molar-refractivity contribution in [1.29, 1.82) is 0 Å². The molecule has 37 heavy (non-hydrogen) atoms. The van der Waals surface area contributed by atoms with E-state index in [4.69, 9.17) is 4.74 Å². The molecule has 190 valence electrons. The van der Waals surface area contributed by atoms with Gasteiger partial charge in [-0.15, -0.1) is 5.10 Å². The maximum atomic E-state index is 13.6. The zero-order chi connectivity index (χ0) is 26.1. The predicted molar refractivity (Wildman–Crippen MR) is 139 cm³/mol. The fourth-order valence-electron chi connectivity index (χ4n) is 4.98. The van der Waals surface area contributed by atoms with E-state index in [2.05, 4.69) is 22.1 Å². The Hall–Kier alpha value is -3.91. The Morgan fingerprint density at radius 1 is 0.892 bits per heavy atom. The van der Waals surface area contributed by atoms with Crippen molar-refractivity contribution in [3.63, 3.8) is 0 Å². The molecule has 8 heteroatoms. The molecule has 2 atom stereocenters. The summed E-state index contributed by atoms with van der Waals surface area (Å²) in [5.74, 6) is -2.14. The minimum atomic E-state index is -1.20. The van der Waals surface area contributed by atoms with Crippen LogP contribution in [0.1, 0.15) is 46.1 Å². The molecule has 0 radical (unpaired) electrons. The third-order valence-corrected chi connectivity index (χ3v) is 7.15. The molecule has 1 aromatic heterocycles. The first-order chi connectivity index (χ1) is 17.8. The highest BCUT2D eigenvalue weighted by Crippen LogP contribution is 2.41. The van der Waals surface area contributed by atoms with Crippen LogP contribution in [0.15, 0.2) is 60.7 Å². The van der Waals surface area contributed by atoms with Gasteiger partial charge in [0, 0.05) is 18.7 Å². The molecular formula is C29H30N4O4. The first kappa shape index (κ1) is 24.8. The molecule has 5 rings (SSSR count). The number of piperidine rings is 1. The van der Waals surface area contributed by atoms with Gasteiger partial charge in [0.05, 0.1) is 11.7 Å². The lowest BCUT2D eigenvalue weighted by molar-refractivity contribution is -0.135. The van der Waals surface area contributed by atoms with Gasteiger partial charge in [0.15, 0.2) is 11.6 Å². The van der Waals surface area contributed by atoms with Gasteiger partial charge in [-0.25, -0.2) is 0 Å². The number of ketones is 2. The van der Waals surface area contributed by atoms with Crippen LogP contribution >= 0.6 is 0 Å². The molecule has 0 aliphatic carbocycles. The Labute approximate surface area is 216 Å². The fraction of sp³-hybridized carbons (Fsp3) is 0.345. The number of rotatable bonds is 6. The van der Waals surface area contributed by atoms with Crippen LogP contribution < -0.4 is 9.64 Å². The zero-order valence-electron chi connectivity index (χ0n) is 21.3. The highest BCUT2D eigenvalue weighted by atomic mass is 16.5. The van der Waals surface area contributed by atoms with Gasteiger partial charge >= 0.3 is 0 Å². The van der Waals surface area contributed by atoms with E-state index in [1.54, 1.807) is 31.2 Å². The fourth-order valence-corrected chi connectivity index (χ4v) is 4.98. The van der Waals surface area contributed by atoms with Crippen molar-refractivity contribution < 1.29 is 19.1 Å². The summed E-state index contributed by atoms with van der Waals surface area (Å²) in [6.07, 6.45) is 2.06. The number of amides is 1. The summed E-state index contributed by atoms with van der Waals surface area (Å²) in [6.45, 7) is 5.70. The lowest BCUT2D eigenvalue weighted by atomic mass is 9.86. The molecule has 2 aliphatic rings. The molecule has 2 saturated heterocycles. The number of anilines is 1. The van der Waals surface area contributed by atoms with E-state index in [1.807, 2.05) is 43.3 Å². The summed E-state index contributed by atoms with van der Waals surface area (Å²) in [5.41, 5.74) is 2.73. The Balaban J connectivity index is 1.49. The molecule has 2 aliphatic heterocycles. The van der Waals surface area contributed by atoms with Crippen molar-refractivity contribution in [2.24, 2.45) is 5.92 Å². The average molecular weight is 499 g/mol. The quantitative estimate of drug-likeness (QED) is 0.291. The normalized spacial score (nSPS) is 20.9. The van der Waals surface area contributed by atoms with Crippen LogP contribution in [0.5, 0.6) is 5.75 Å². The molecule has 0 N–H and O–H groups in total. The standard InChI is InChI=1S/C29H30N4O4/c1-18-4-7-21(8-5-18)27(34)25-26(33(29(36)28(25)35)24-13-6-19(2)30-31-24)20-9-11-22(12-10-20)37-23-14-16-32(3)17-15-23/h4-13,23,25-26H,14-17H2,1-3H3. The van der Waals surface area contributed by atoms with Crippen LogP contribution in [0, 0.1) is 19.8 Å². The first-order valence-electron chi connectivity index (χ1n) is 12.6. The van der Waals surface area contributed by atoms with Gasteiger partial charge < -0.3 is 9.64 Å². The number of benzene rings is 2. The van der Waals surface area contributed by atoms with Crippen molar-refractivity contribution in [2.45, 2.75) is 38.8 Å². The van der Waals surface area contributed by atoms with E-state index in [-0.39, 0.29) is 11.9 Å². The van der Waals surface area contributed by atoms with E-state index >= 15 is 0 Å². The maximum Gasteiger partial charge on any atom is 0.297 e. The summed E-state index contributed by atoms with van der Waals surface area (Å²) in [5, 5.41) is 8.23. The molecule has 0 bridgehead atoms. The smallest absolute Gasteiger partial charge is 0.297 e. The second-order valence-corrected chi connectivity index (χ2v) is 9.91. The Kier molecular flexibility index (Phi) is 6.84. The molecule has 0 saturated carbocycles. The van der Waals surface area contributed by atoms with Gasteiger partial charge in [-0.3, -0.25) is 19.3 Å². The molecule has 1 amide bonds. The molecule has 2 aromatic carbocycles. The number of ether oxygens (including phenoxy) is 1. The highest BCUT2D eigenvalue weighted by Gasteiger charge is 2.52. The van der Waals surface area contributed by atoms with Crippen molar-refractivity contribution in [3.8, 4) is 5.75 Å². The molecular weight excluding hydrogens is 468 g/mol. The Morgan fingerprint density at radius 2 is 1.57 bits per heavy atom. The van der Waals surface area contributed by atoms with Gasteiger partial charge in [0.1, 0.15) is 17.8 Å². The van der Waals surface area contributed by atoms with E-state index in [0.717, 1.165) is 37.2 Å². The van der Waals surface area contributed by atoms with E-state index in [0.29, 0.717) is 16.8 Å². The van der Waals surface area contributed by atoms with Crippen LogP contribution in [-0.4, -0.2) is 58.8 Å². The van der Waals surface area contributed by atoms with E-state index in [1.165, 1.54) is 4.90 Å². The van der Waals surface area contributed by atoms with Crippen LogP contribution in [0.25, 0.3) is 0 Å². The average Bonchev–Trinajstić information content (AvgIpc) is 3.16. The second kappa shape index (κ2) is 10.2. The number of aromatic nitrogens is 2. The number of aryl methyl sites for hydroxylation is 2. The zero-order valence-corrected chi connectivity index (χ0v) is 21.3. The lowest BCUT2D eigenvalue weighted by Crippen LogP contribution is -2.35. The predicted octanol–water partition coefficient (Wildman–Crippen LogP) is 3.72. The third kappa shape index (κ3) is 5.02. The van der Waals surface area contributed by atoms with Gasteiger partial charge in [-0.05, 0) is 63.6 Å². The van der Waals surface area contributed by atoms with Crippen molar-refractivity contribution >= 4 is 23.3 Å². The molecule has 3 heterocycles. The lowest BCUT2D eigenvalue weighted by Gasteiger charge is -2.29. The summed E-state index contributed by atoms with van der Waals surface area (Å²) in [7, 11) is 2.10. The number of hydrogen-bond acceptors (Lipinski definition) is 7. The van der Waals surface area contributed by atoms with Crippen LogP contribution in [0.2, 0.25) is 0 Å². The van der Waals surface area contributed by atoms with Crippen LogP contribution in [-0.2, 0) is 9.59 Å². The van der Waals surface area contributed by atoms with E-state index in [9.17, 15) is 14.4 Å². The summed E-state index contributed by atoms with van der Waals surface area (Å²) in [6, 6.07) is 16.9. The Morgan fingerprint density at radius 3 is 2.19 bits per heavy atom. The summed E-state index contributed by atoms with van der Waals surface area (Å²) in [4.78, 5) is 43.8. The van der Waals surface area contributed by atoms with E-state index < -0.39 is 29.4 Å². The second-order valence-electron chi connectivity index (χ2n) is 9.91. The number of carbonyl (C=O) groups is 3. The number of likely N-dealkylation sites (tertiary alicyclic amines) is 1. The first-order valence-corrected chi connectivity index (χ1v) is 12.6. The largest absolute Gasteiger partial charge is 0.490 e. The SMILES string of the molecule is Cc1ccc(C(=O)C2C(=O)C(=O)N(c3ccc(C)nn3)C2c2ccc(OC3CCN(C)CC3)cc2)cc1. The number of Topliss-reactive ketones (excluding diaryl/α,β-unsaturated/α-hetero) is 2. The van der Waals surface area contributed by atoms with Gasteiger partial charge in [0.2, 0.25) is 5.78 Å². The molecule has 2 fully saturated rings. The monoisotopic (exact) mass is 498 g/mol. The topological polar surface area (TPSA) is 92.7 Å². The third-order valence-electron chi connectivity index (χ3n) is 7.15. The van der Waals surface area contributed by atoms with Crippen LogP contribution in [0.3, 0.4) is 0 Å². The van der Waals surface area contributed by atoms with Crippen molar-refractivity contribution in [2.75, 3.05) is 25.0 Å². The number of hydrogen-bond donors (Lipinski definition) is 0. The van der Waals surface area contributed by atoms with Crippen LogP contribution in [0.4, 0.5) is 5.82 Å². The maximum absolute atomic E-state index is 13.6. The summed E-state index contributed by atoms with van der Waals surface area (Å²) >= 11 is 0.